The molecule has 0 N–H and O–H groups in total. The van der Waals surface area contributed by atoms with Gasteiger partial charge in [-0.1, -0.05) is 42.5 Å². The zero-order valence-corrected chi connectivity index (χ0v) is 12.1. The zero-order valence-electron chi connectivity index (χ0n) is 12.1. The summed E-state index contributed by atoms with van der Waals surface area (Å²) in [6, 6.07) is 18.8. The largest absolute Gasteiger partial charge is 0.237 e. The second-order valence-electron chi connectivity index (χ2n) is 5.18. The van der Waals surface area contributed by atoms with Crippen LogP contribution in [0.5, 0.6) is 0 Å². The number of nitrogens with zero attached hydrogens (tertiary/aromatic N) is 2. The molecule has 0 saturated heterocycles. The highest BCUT2D eigenvalue weighted by atomic mass is 15.3. The van der Waals surface area contributed by atoms with Crippen LogP contribution < -0.4 is 0 Å². The second-order valence-corrected chi connectivity index (χ2v) is 5.18. The van der Waals surface area contributed by atoms with Gasteiger partial charge in [0.15, 0.2) is 0 Å². The van der Waals surface area contributed by atoms with Gasteiger partial charge in [-0.05, 0) is 44.0 Å². The van der Waals surface area contributed by atoms with E-state index in [1.165, 1.54) is 22.4 Å². The summed E-state index contributed by atoms with van der Waals surface area (Å²) < 4.78 is 2.03. The molecule has 3 rings (SSSR count). The maximum Gasteiger partial charge on any atom is 0.0959 e. The molecule has 0 amide bonds. The predicted molar refractivity (Wildman–Crippen MR) is 83.2 cm³/mol. The van der Waals surface area contributed by atoms with E-state index in [0.29, 0.717) is 0 Å². The molecule has 100 valence electrons. The van der Waals surface area contributed by atoms with E-state index in [-0.39, 0.29) is 0 Å². The maximum atomic E-state index is 4.81. The van der Waals surface area contributed by atoms with Gasteiger partial charge < -0.3 is 0 Å². The third-order valence-corrected chi connectivity index (χ3v) is 3.71. The number of aryl methyl sites for hydroxylation is 1. The normalized spacial score (nSPS) is 10.8. The second kappa shape index (κ2) is 4.97. The van der Waals surface area contributed by atoms with E-state index >= 15 is 0 Å². The van der Waals surface area contributed by atoms with Crippen molar-refractivity contribution in [2.75, 3.05) is 0 Å². The van der Waals surface area contributed by atoms with Gasteiger partial charge in [0.2, 0.25) is 0 Å². The van der Waals surface area contributed by atoms with Crippen LogP contribution in [-0.2, 0) is 0 Å². The van der Waals surface area contributed by atoms with Crippen molar-refractivity contribution in [3.63, 3.8) is 0 Å². The number of hydrogen-bond acceptors (Lipinski definition) is 1. The van der Waals surface area contributed by atoms with Gasteiger partial charge >= 0.3 is 0 Å². The zero-order chi connectivity index (χ0) is 14.1. The molecule has 0 atom stereocenters. The highest BCUT2D eigenvalue weighted by Crippen LogP contribution is 2.26. The topological polar surface area (TPSA) is 17.8 Å². The predicted octanol–water partition coefficient (Wildman–Crippen LogP) is 4.46. The van der Waals surface area contributed by atoms with Crippen molar-refractivity contribution in [1.29, 1.82) is 0 Å². The van der Waals surface area contributed by atoms with Crippen LogP contribution in [0.2, 0.25) is 0 Å². The molecule has 2 heteroatoms. The number of hydrogen-bond donors (Lipinski definition) is 0. The first-order chi connectivity index (χ1) is 9.66. The molecular formula is C18H18N2. The summed E-state index contributed by atoms with van der Waals surface area (Å²) in [6.07, 6.45) is 0. The molecule has 1 aromatic heterocycles. The Labute approximate surface area is 119 Å². The van der Waals surface area contributed by atoms with Crippen molar-refractivity contribution < 1.29 is 0 Å². The summed E-state index contributed by atoms with van der Waals surface area (Å²) >= 11 is 0. The maximum absolute atomic E-state index is 4.81. The average Bonchev–Trinajstić information content (AvgIpc) is 2.76. The van der Waals surface area contributed by atoms with Crippen LogP contribution in [0.15, 0.2) is 54.6 Å². The Hall–Kier alpha value is -2.35. The lowest BCUT2D eigenvalue weighted by molar-refractivity contribution is 0.847. The third kappa shape index (κ3) is 2.14. The molecule has 2 aromatic carbocycles. The van der Waals surface area contributed by atoms with E-state index in [4.69, 9.17) is 5.10 Å². The quantitative estimate of drug-likeness (QED) is 0.666. The first-order valence-corrected chi connectivity index (χ1v) is 6.85. The van der Waals surface area contributed by atoms with Gasteiger partial charge in [-0.25, -0.2) is 4.68 Å². The highest BCUT2D eigenvalue weighted by Gasteiger charge is 2.13. The molecule has 0 bridgehead atoms. The van der Waals surface area contributed by atoms with Gasteiger partial charge in [0.1, 0.15) is 0 Å². The Morgan fingerprint density at radius 3 is 2.30 bits per heavy atom. The molecule has 3 aromatic rings. The number of rotatable bonds is 2. The number of aromatic nitrogens is 2. The summed E-state index contributed by atoms with van der Waals surface area (Å²) in [6.45, 7) is 6.36. The molecule has 0 saturated carbocycles. The fourth-order valence-corrected chi connectivity index (χ4v) is 2.46. The summed E-state index contributed by atoms with van der Waals surface area (Å²) in [5.41, 5.74) is 7.01. The van der Waals surface area contributed by atoms with Crippen molar-refractivity contribution in [1.82, 2.24) is 9.78 Å². The SMILES string of the molecule is Cc1cccc(-n2nc(-c3ccccc3)c(C)c2C)c1. The van der Waals surface area contributed by atoms with E-state index in [9.17, 15) is 0 Å². The van der Waals surface area contributed by atoms with E-state index in [1.54, 1.807) is 0 Å². The van der Waals surface area contributed by atoms with Crippen molar-refractivity contribution in [2.45, 2.75) is 20.8 Å². The fourth-order valence-electron chi connectivity index (χ4n) is 2.46. The first kappa shape index (κ1) is 12.7. The van der Waals surface area contributed by atoms with Crippen LogP contribution in [0, 0.1) is 20.8 Å². The Morgan fingerprint density at radius 2 is 1.60 bits per heavy atom. The standard InChI is InChI=1S/C18H18N2/c1-13-8-7-11-17(12-13)20-15(3)14(2)18(19-20)16-9-5-4-6-10-16/h4-12H,1-3H3. The summed E-state index contributed by atoms with van der Waals surface area (Å²) in [5.74, 6) is 0. The van der Waals surface area contributed by atoms with Crippen LogP contribution >= 0.6 is 0 Å². The summed E-state index contributed by atoms with van der Waals surface area (Å²) in [7, 11) is 0. The lowest BCUT2D eigenvalue weighted by Gasteiger charge is -2.05. The molecule has 20 heavy (non-hydrogen) atoms. The molecule has 1 heterocycles. The Morgan fingerprint density at radius 1 is 0.850 bits per heavy atom. The van der Waals surface area contributed by atoms with Crippen LogP contribution in [0.3, 0.4) is 0 Å². The van der Waals surface area contributed by atoms with E-state index in [2.05, 4.69) is 69.3 Å². The van der Waals surface area contributed by atoms with Gasteiger partial charge in [0.05, 0.1) is 11.4 Å². The molecule has 0 aliphatic carbocycles. The summed E-state index contributed by atoms with van der Waals surface area (Å²) in [4.78, 5) is 0. The van der Waals surface area contributed by atoms with Gasteiger partial charge in [-0.2, -0.15) is 5.10 Å². The van der Waals surface area contributed by atoms with Crippen LogP contribution in [-0.4, -0.2) is 9.78 Å². The lowest BCUT2D eigenvalue weighted by Crippen LogP contribution is -1.99. The van der Waals surface area contributed by atoms with E-state index < -0.39 is 0 Å². The molecular weight excluding hydrogens is 244 g/mol. The van der Waals surface area contributed by atoms with E-state index in [1.807, 2.05) is 10.7 Å². The molecule has 0 spiro atoms. The third-order valence-electron chi connectivity index (χ3n) is 3.71. The minimum Gasteiger partial charge on any atom is -0.237 e. The van der Waals surface area contributed by atoms with Crippen molar-refractivity contribution in [3.05, 3.63) is 71.4 Å². The molecule has 0 aliphatic rings. The Bertz CT molecular complexity index is 739. The van der Waals surface area contributed by atoms with Crippen molar-refractivity contribution >= 4 is 0 Å². The lowest BCUT2D eigenvalue weighted by atomic mass is 10.1. The van der Waals surface area contributed by atoms with Crippen molar-refractivity contribution in [2.24, 2.45) is 0 Å². The monoisotopic (exact) mass is 262 g/mol. The number of benzene rings is 2. The molecule has 0 radical (unpaired) electrons. The van der Waals surface area contributed by atoms with E-state index in [0.717, 1.165) is 11.4 Å². The van der Waals surface area contributed by atoms with Crippen LogP contribution in [0.25, 0.3) is 16.9 Å². The van der Waals surface area contributed by atoms with Gasteiger partial charge in [-0.15, -0.1) is 0 Å². The van der Waals surface area contributed by atoms with Crippen LogP contribution in [0.1, 0.15) is 16.8 Å². The van der Waals surface area contributed by atoms with Gasteiger partial charge in [0, 0.05) is 11.3 Å². The fraction of sp³-hybridized carbons (Fsp3) is 0.167. The van der Waals surface area contributed by atoms with Crippen molar-refractivity contribution in [3.8, 4) is 16.9 Å². The van der Waals surface area contributed by atoms with Crippen LogP contribution in [0.4, 0.5) is 0 Å². The highest BCUT2D eigenvalue weighted by molar-refractivity contribution is 5.64. The average molecular weight is 262 g/mol. The summed E-state index contributed by atoms with van der Waals surface area (Å²) in [5, 5.41) is 4.81. The molecule has 0 unspecified atom stereocenters. The minimum absolute atomic E-state index is 1.06. The molecule has 2 nitrogen and oxygen atoms in total. The van der Waals surface area contributed by atoms with Gasteiger partial charge in [0.25, 0.3) is 0 Å². The Balaban J connectivity index is 2.16. The first-order valence-electron chi connectivity index (χ1n) is 6.85. The van der Waals surface area contributed by atoms with Gasteiger partial charge in [-0.3, -0.25) is 0 Å². The minimum atomic E-state index is 1.06. The molecule has 0 fully saturated rings. The smallest absolute Gasteiger partial charge is 0.0959 e. The molecule has 0 aliphatic heterocycles. The Kier molecular flexibility index (Phi) is 3.15.